The van der Waals surface area contributed by atoms with Gasteiger partial charge in [0.05, 0.1) is 0 Å². The van der Waals surface area contributed by atoms with Crippen molar-refractivity contribution in [2.24, 2.45) is 7.05 Å². The number of aromatic hydroxyl groups is 1. The number of rotatable bonds is 3. The summed E-state index contributed by atoms with van der Waals surface area (Å²) in [6.07, 6.45) is 1.06. The lowest BCUT2D eigenvalue weighted by molar-refractivity contribution is 0.0818. The van der Waals surface area contributed by atoms with E-state index in [0.29, 0.717) is 0 Å². The second-order valence-electron chi connectivity index (χ2n) is 4.74. The van der Waals surface area contributed by atoms with Crippen LogP contribution in [0, 0.1) is 0 Å². The van der Waals surface area contributed by atoms with Gasteiger partial charge in [-0.1, -0.05) is 0 Å². The fourth-order valence-electron chi connectivity index (χ4n) is 1.68. The average Bonchev–Trinajstić information content (AvgIpc) is 2.50. The van der Waals surface area contributed by atoms with E-state index in [0.717, 1.165) is 11.0 Å². The minimum Gasteiger partial charge on any atom is -0.503 e. The van der Waals surface area contributed by atoms with Crippen LogP contribution < -0.4 is 16.4 Å². The van der Waals surface area contributed by atoms with Crippen LogP contribution in [0.4, 0.5) is 11.5 Å². The molecule has 2 rings (SSSR count). The highest BCUT2D eigenvalue weighted by Crippen LogP contribution is 2.27. The van der Waals surface area contributed by atoms with Crippen molar-refractivity contribution in [2.45, 2.75) is 0 Å². The summed E-state index contributed by atoms with van der Waals surface area (Å²) < 4.78 is 0.959. The molecule has 0 aliphatic carbocycles. The summed E-state index contributed by atoms with van der Waals surface area (Å²) in [5, 5.41) is 15.0. The number of aromatic nitrogens is 4. The Morgan fingerprint density at radius 3 is 2.65 bits per heavy atom. The summed E-state index contributed by atoms with van der Waals surface area (Å²) in [7, 11) is 4.38. The Bertz CT molecular complexity index is 888. The quantitative estimate of drug-likeness (QED) is 0.665. The SMILES string of the molecule is CN(C)C(=O)c1ncnc(Nc2c(Br)c(=O)n(C)[nH]c2=O)c1O. The minimum atomic E-state index is -0.613. The molecular weight excluding hydrogens is 372 g/mol. The van der Waals surface area contributed by atoms with Crippen molar-refractivity contribution >= 4 is 33.3 Å². The standard InChI is InChI=1S/C12H13BrN6O4/c1-18(2)12(23)7-8(20)9(15-4-14-7)16-6-5(13)11(22)19(3)17-10(6)21/h4,20H,1-3H3,(H,17,21)(H,14,15,16). The molecule has 0 radical (unpaired) electrons. The van der Waals surface area contributed by atoms with Gasteiger partial charge in [0.25, 0.3) is 17.0 Å². The van der Waals surface area contributed by atoms with Crippen molar-refractivity contribution in [1.29, 1.82) is 0 Å². The van der Waals surface area contributed by atoms with Gasteiger partial charge in [0, 0.05) is 21.1 Å². The topological polar surface area (TPSA) is 133 Å². The molecule has 0 bridgehead atoms. The van der Waals surface area contributed by atoms with E-state index >= 15 is 0 Å². The van der Waals surface area contributed by atoms with Crippen LogP contribution >= 0.6 is 15.9 Å². The van der Waals surface area contributed by atoms with Gasteiger partial charge in [0.2, 0.25) is 0 Å². The van der Waals surface area contributed by atoms with Crippen molar-refractivity contribution in [3.05, 3.63) is 37.2 Å². The zero-order valence-electron chi connectivity index (χ0n) is 12.4. The first-order chi connectivity index (χ1) is 10.7. The van der Waals surface area contributed by atoms with Gasteiger partial charge in [-0.15, -0.1) is 0 Å². The van der Waals surface area contributed by atoms with Crippen molar-refractivity contribution < 1.29 is 9.90 Å². The van der Waals surface area contributed by atoms with Gasteiger partial charge < -0.3 is 15.3 Å². The molecule has 23 heavy (non-hydrogen) atoms. The number of nitrogens with zero attached hydrogens (tertiary/aromatic N) is 4. The molecule has 0 aromatic carbocycles. The number of hydrogen-bond donors (Lipinski definition) is 3. The first-order valence-corrected chi connectivity index (χ1v) is 7.04. The van der Waals surface area contributed by atoms with Crippen LogP contribution in [0.25, 0.3) is 0 Å². The predicted octanol–water partition coefficient (Wildman–Crippen LogP) is -0.223. The van der Waals surface area contributed by atoms with Gasteiger partial charge in [-0.05, 0) is 15.9 Å². The fraction of sp³-hybridized carbons (Fsp3) is 0.250. The number of halogens is 1. The summed E-state index contributed by atoms with van der Waals surface area (Å²) >= 11 is 3.02. The Kier molecular flexibility index (Phi) is 4.50. The highest BCUT2D eigenvalue weighted by Gasteiger charge is 2.20. The Labute approximate surface area is 137 Å². The number of nitrogens with one attached hydrogen (secondary N) is 2. The van der Waals surface area contributed by atoms with E-state index in [-0.39, 0.29) is 21.7 Å². The van der Waals surface area contributed by atoms with E-state index in [1.165, 1.54) is 26.0 Å². The molecule has 11 heteroatoms. The first-order valence-electron chi connectivity index (χ1n) is 6.25. The van der Waals surface area contributed by atoms with E-state index in [1.807, 2.05) is 0 Å². The number of amides is 1. The summed E-state index contributed by atoms with van der Waals surface area (Å²) in [5.74, 6) is -1.24. The normalized spacial score (nSPS) is 10.4. The van der Waals surface area contributed by atoms with Crippen molar-refractivity contribution in [2.75, 3.05) is 19.4 Å². The van der Waals surface area contributed by atoms with Gasteiger partial charge >= 0.3 is 0 Å². The smallest absolute Gasteiger partial charge is 0.287 e. The lowest BCUT2D eigenvalue weighted by Gasteiger charge is -2.13. The van der Waals surface area contributed by atoms with E-state index < -0.39 is 22.8 Å². The van der Waals surface area contributed by atoms with Gasteiger partial charge in [-0.25, -0.2) is 9.97 Å². The van der Waals surface area contributed by atoms with Crippen LogP contribution in [0.2, 0.25) is 0 Å². The molecule has 2 aromatic rings. The van der Waals surface area contributed by atoms with Crippen LogP contribution in [0.3, 0.4) is 0 Å². The van der Waals surface area contributed by atoms with Crippen LogP contribution in [0.5, 0.6) is 5.75 Å². The third-order valence-corrected chi connectivity index (χ3v) is 3.62. The van der Waals surface area contributed by atoms with E-state index in [1.54, 1.807) is 0 Å². The Morgan fingerprint density at radius 1 is 1.39 bits per heavy atom. The zero-order chi connectivity index (χ0) is 17.3. The van der Waals surface area contributed by atoms with Gasteiger partial charge in [0.15, 0.2) is 17.3 Å². The van der Waals surface area contributed by atoms with Gasteiger partial charge in [0.1, 0.15) is 16.5 Å². The molecule has 0 aliphatic heterocycles. The van der Waals surface area contributed by atoms with Gasteiger partial charge in [-0.2, -0.15) is 0 Å². The monoisotopic (exact) mass is 384 g/mol. The molecule has 0 atom stereocenters. The number of carbonyl (C=O) groups excluding carboxylic acids is 1. The molecule has 0 unspecified atom stereocenters. The molecular formula is C12H13BrN6O4. The minimum absolute atomic E-state index is 0.0396. The molecule has 0 aliphatic rings. The number of hydrogen-bond acceptors (Lipinski definition) is 7. The number of carbonyl (C=O) groups is 1. The molecule has 0 fully saturated rings. The first kappa shape index (κ1) is 16.7. The average molecular weight is 385 g/mol. The maximum absolute atomic E-state index is 11.9. The molecule has 2 aromatic heterocycles. The number of H-pyrrole nitrogens is 1. The molecule has 10 nitrogen and oxygen atoms in total. The fourth-order valence-corrected chi connectivity index (χ4v) is 2.23. The van der Waals surface area contributed by atoms with E-state index in [2.05, 4.69) is 36.3 Å². The predicted molar refractivity (Wildman–Crippen MR) is 85.0 cm³/mol. The number of anilines is 2. The van der Waals surface area contributed by atoms with Crippen LogP contribution in [0.1, 0.15) is 10.5 Å². The molecule has 122 valence electrons. The lowest BCUT2D eigenvalue weighted by atomic mass is 10.3. The Balaban J connectivity index is 2.53. The zero-order valence-corrected chi connectivity index (χ0v) is 14.0. The van der Waals surface area contributed by atoms with E-state index in [9.17, 15) is 19.5 Å². The second-order valence-corrected chi connectivity index (χ2v) is 5.53. The molecule has 3 N–H and O–H groups in total. The van der Waals surface area contributed by atoms with E-state index in [4.69, 9.17) is 0 Å². The summed E-state index contributed by atoms with van der Waals surface area (Å²) in [6, 6.07) is 0. The summed E-state index contributed by atoms with van der Waals surface area (Å²) in [6.45, 7) is 0. The summed E-state index contributed by atoms with van der Waals surface area (Å²) in [4.78, 5) is 44.4. The third kappa shape index (κ3) is 3.08. The molecule has 1 amide bonds. The van der Waals surface area contributed by atoms with Crippen LogP contribution in [-0.2, 0) is 7.05 Å². The Morgan fingerprint density at radius 2 is 2.04 bits per heavy atom. The van der Waals surface area contributed by atoms with Gasteiger partial charge in [-0.3, -0.25) is 24.2 Å². The van der Waals surface area contributed by atoms with Crippen LogP contribution in [-0.4, -0.2) is 49.8 Å². The molecule has 2 heterocycles. The number of aryl methyl sites for hydroxylation is 1. The molecule has 0 spiro atoms. The Hall–Kier alpha value is -2.69. The van der Waals surface area contributed by atoms with Crippen LogP contribution in [0.15, 0.2) is 20.4 Å². The van der Waals surface area contributed by atoms with Crippen molar-refractivity contribution in [1.82, 2.24) is 24.6 Å². The molecule has 0 saturated carbocycles. The second kappa shape index (κ2) is 6.20. The van der Waals surface area contributed by atoms with Crippen molar-refractivity contribution in [3.8, 4) is 5.75 Å². The highest BCUT2D eigenvalue weighted by atomic mass is 79.9. The number of aromatic amines is 1. The largest absolute Gasteiger partial charge is 0.503 e. The third-order valence-electron chi connectivity index (χ3n) is 2.88. The summed E-state index contributed by atoms with van der Waals surface area (Å²) in [5.41, 5.74) is -1.49. The maximum atomic E-state index is 11.9. The highest BCUT2D eigenvalue weighted by molar-refractivity contribution is 9.10. The van der Waals surface area contributed by atoms with Crippen molar-refractivity contribution in [3.63, 3.8) is 0 Å². The molecule has 0 saturated heterocycles. The lowest BCUT2D eigenvalue weighted by Crippen LogP contribution is -2.30. The maximum Gasteiger partial charge on any atom is 0.287 e.